The van der Waals surface area contributed by atoms with E-state index in [1.807, 2.05) is 0 Å². The summed E-state index contributed by atoms with van der Waals surface area (Å²) in [5, 5.41) is 3.88. The number of hydrogen-bond acceptors (Lipinski definition) is 2. The van der Waals surface area contributed by atoms with Crippen LogP contribution in [0.2, 0.25) is 0 Å². The lowest BCUT2D eigenvalue weighted by atomic mass is 9.82. The first-order valence-electron chi connectivity index (χ1n) is 8.13. The Kier molecular flexibility index (Phi) is 4.38. The molecule has 0 aromatic heterocycles. The van der Waals surface area contributed by atoms with Crippen molar-refractivity contribution in [2.45, 2.75) is 89.8 Å². The summed E-state index contributed by atoms with van der Waals surface area (Å²) in [6.07, 6.45) is 9.51. The molecule has 2 fully saturated rings. The number of nitrogens with zero attached hydrogens (tertiary/aromatic N) is 1. The van der Waals surface area contributed by atoms with Gasteiger partial charge in [-0.25, -0.2) is 0 Å². The van der Waals surface area contributed by atoms with E-state index >= 15 is 0 Å². The van der Waals surface area contributed by atoms with Crippen molar-refractivity contribution in [3.05, 3.63) is 0 Å². The van der Waals surface area contributed by atoms with E-state index in [-0.39, 0.29) is 0 Å². The van der Waals surface area contributed by atoms with Crippen LogP contribution in [-0.4, -0.2) is 35.1 Å². The maximum absolute atomic E-state index is 3.88. The number of hydrogen-bond donors (Lipinski definition) is 1. The molecule has 18 heavy (non-hydrogen) atoms. The lowest BCUT2D eigenvalue weighted by Gasteiger charge is -2.54. The topological polar surface area (TPSA) is 15.3 Å². The minimum atomic E-state index is 0.442. The third-order valence-corrected chi connectivity index (χ3v) is 5.92. The first-order valence-corrected chi connectivity index (χ1v) is 8.13. The van der Waals surface area contributed by atoms with Crippen molar-refractivity contribution in [3.63, 3.8) is 0 Å². The zero-order valence-corrected chi connectivity index (χ0v) is 12.9. The summed E-state index contributed by atoms with van der Waals surface area (Å²) in [6.45, 7) is 12.0. The minimum Gasteiger partial charge on any atom is -0.308 e. The van der Waals surface area contributed by atoms with Gasteiger partial charge in [0.1, 0.15) is 0 Å². The van der Waals surface area contributed by atoms with Crippen LogP contribution in [-0.2, 0) is 0 Å². The second-order valence-corrected chi connectivity index (χ2v) is 6.63. The van der Waals surface area contributed by atoms with Crippen molar-refractivity contribution < 1.29 is 0 Å². The van der Waals surface area contributed by atoms with Crippen LogP contribution in [0.1, 0.15) is 72.6 Å². The van der Waals surface area contributed by atoms with Crippen LogP contribution in [0.25, 0.3) is 0 Å². The van der Waals surface area contributed by atoms with E-state index in [1.54, 1.807) is 0 Å². The number of nitrogens with one attached hydrogen (secondary N) is 1. The van der Waals surface area contributed by atoms with E-state index in [9.17, 15) is 0 Å². The van der Waals surface area contributed by atoms with Crippen molar-refractivity contribution in [1.29, 1.82) is 0 Å². The Morgan fingerprint density at radius 2 is 1.67 bits per heavy atom. The third-order valence-electron chi connectivity index (χ3n) is 5.92. The van der Waals surface area contributed by atoms with E-state index in [0.717, 1.165) is 0 Å². The third kappa shape index (κ3) is 2.34. The average Bonchev–Trinajstić information content (AvgIpc) is 2.85. The van der Waals surface area contributed by atoms with Crippen molar-refractivity contribution in [3.8, 4) is 0 Å². The molecular weight excluding hydrogens is 220 g/mol. The van der Waals surface area contributed by atoms with Crippen LogP contribution in [0.15, 0.2) is 0 Å². The molecule has 0 amide bonds. The van der Waals surface area contributed by atoms with Crippen LogP contribution in [0.4, 0.5) is 0 Å². The highest BCUT2D eigenvalue weighted by Gasteiger charge is 2.45. The normalized spacial score (nSPS) is 29.0. The summed E-state index contributed by atoms with van der Waals surface area (Å²) in [5.74, 6) is 0. The molecule has 1 saturated heterocycles. The molecule has 1 N–H and O–H groups in total. The molecule has 0 radical (unpaired) electrons. The van der Waals surface area contributed by atoms with Crippen LogP contribution in [0.3, 0.4) is 0 Å². The van der Waals surface area contributed by atoms with Gasteiger partial charge in [0.15, 0.2) is 0 Å². The Morgan fingerprint density at radius 3 is 2.17 bits per heavy atom. The molecule has 0 aromatic rings. The summed E-state index contributed by atoms with van der Waals surface area (Å²) < 4.78 is 0. The van der Waals surface area contributed by atoms with Gasteiger partial charge < -0.3 is 5.32 Å². The van der Waals surface area contributed by atoms with Crippen molar-refractivity contribution in [2.24, 2.45) is 0 Å². The maximum Gasteiger partial charge on any atom is 0.0309 e. The zero-order valence-electron chi connectivity index (χ0n) is 12.9. The Balaban J connectivity index is 2.18. The standard InChI is InChI=1S/C16H32N2/c1-5-16(6-2,7-3)18-13-15(10-8-9-11-15)17-12-14(18)4/h14,17H,5-13H2,1-4H3. The Hall–Kier alpha value is -0.0800. The number of rotatable bonds is 4. The highest BCUT2D eigenvalue weighted by atomic mass is 15.3. The molecule has 0 bridgehead atoms. The largest absolute Gasteiger partial charge is 0.308 e. The van der Waals surface area contributed by atoms with E-state index in [0.29, 0.717) is 17.1 Å². The van der Waals surface area contributed by atoms with Crippen molar-refractivity contribution >= 4 is 0 Å². The molecule has 1 atom stereocenters. The van der Waals surface area contributed by atoms with E-state index in [2.05, 4.69) is 37.9 Å². The van der Waals surface area contributed by atoms with Crippen LogP contribution < -0.4 is 5.32 Å². The highest BCUT2D eigenvalue weighted by molar-refractivity contribution is 5.04. The summed E-state index contributed by atoms with van der Waals surface area (Å²) in [7, 11) is 0. The van der Waals surface area contributed by atoms with Crippen molar-refractivity contribution in [1.82, 2.24) is 10.2 Å². The van der Waals surface area contributed by atoms with Gasteiger partial charge >= 0.3 is 0 Å². The monoisotopic (exact) mass is 252 g/mol. The molecule has 1 heterocycles. The molecule has 2 rings (SSSR count). The van der Waals surface area contributed by atoms with Gasteiger partial charge in [-0.05, 0) is 39.0 Å². The molecule has 1 aliphatic carbocycles. The summed E-state index contributed by atoms with van der Waals surface area (Å²) in [6, 6.07) is 0.691. The fraction of sp³-hybridized carbons (Fsp3) is 1.00. The van der Waals surface area contributed by atoms with E-state index < -0.39 is 0 Å². The molecule has 1 saturated carbocycles. The highest BCUT2D eigenvalue weighted by Crippen LogP contribution is 2.38. The molecule has 2 aliphatic rings. The Bertz CT molecular complexity index is 256. The maximum atomic E-state index is 3.88. The van der Waals surface area contributed by atoms with E-state index in [1.165, 1.54) is 58.0 Å². The summed E-state index contributed by atoms with van der Waals surface area (Å²) >= 11 is 0. The van der Waals surface area contributed by atoms with Gasteiger partial charge in [-0.1, -0.05) is 33.6 Å². The van der Waals surface area contributed by atoms with Crippen molar-refractivity contribution in [2.75, 3.05) is 13.1 Å². The lowest BCUT2D eigenvalue weighted by molar-refractivity contribution is -0.0179. The van der Waals surface area contributed by atoms with Crippen LogP contribution in [0, 0.1) is 0 Å². The van der Waals surface area contributed by atoms with Crippen LogP contribution in [0.5, 0.6) is 0 Å². The van der Waals surface area contributed by atoms with Gasteiger partial charge in [-0.15, -0.1) is 0 Å². The molecular formula is C16H32N2. The summed E-state index contributed by atoms with van der Waals surface area (Å²) in [5.41, 5.74) is 0.897. The Labute approximate surface area is 114 Å². The average molecular weight is 252 g/mol. The van der Waals surface area contributed by atoms with Gasteiger partial charge in [-0.2, -0.15) is 0 Å². The molecule has 1 spiro atoms. The molecule has 0 aromatic carbocycles. The SMILES string of the molecule is CCC(CC)(CC)N1CC2(CCCC2)NCC1C. The second-order valence-electron chi connectivity index (χ2n) is 6.63. The second kappa shape index (κ2) is 5.50. The molecule has 2 nitrogen and oxygen atoms in total. The van der Waals surface area contributed by atoms with Gasteiger partial charge in [0, 0.05) is 30.2 Å². The van der Waals surface area contributed by atoms with Crippen LogP contribution >= 0.6 is 0 Å². The zero-order chi connectivity index (χ0) is 13.2. The van der Waals surface area contributed by atoms with Gasteiger partial charge in [-0.3, -0.25) is 4.90 Å². The lowest BCUT2D eigenvalue weighted by Crippen LogP contribution is -2.67. The number of piperazine rings is 1. The quantitative estimate of drug-likeness (QED) is 0.823. The molecule has 1 unspecified atom stereocenters. The first kappa shape index (κ1) is 14.3. The predicted molar refractivity (Wildman–Crippen MR) is 79.0 cm³/mol. The smallest absolute Gasteiger partial charge is 0.0309 e. The molecule has 106 valence electrons. The van der Waals surface area contributed by atoms with Gasteiger partial charge in [0.2, 0.25) is 0 Å². The Morgan fingerprint density at radius 1 is 1.11 bits per heavy atom. The molecule has 1 aliphatic heterocycles. The van der Waals surface area contributed by atoms with Gasteiger partial charge in [0.25, 0.3) is 0 Å². The fourth-order valence-electron chi connectivity index (χ4n) is 4.39. The summed E-state index contributed by atoms with van der Waals surface area (Å²) in [4.78, 5) is 2.86. The first-order chi connectivity index (χ1) is 8.61. The van der Waals surface area contributed by atoms with Gasteiger partial charge in [0.05, 0.1) is 0 Å². The minimum absolute atomic E-state index is 0.442. The van der Waals surface area contributed by atoms with E-state index in [4.69, 9.17) is 0 Å². The fourth-order valence-corrected chi connectivity index (χ4v) is 4.39. The molecule has 2 heteroatoms. The predicted octanol–water partition coefficient (Wildman–Crippen LogP) is 3.56.